The summed E-state index contributed by atoms with van der Waals surface area (Å²) in [5.74, 6) is -0.391. The van der Waals surface area contributed by atoms with Crippen molar-refractivity contribution in [1.29, 1.82) is 0 Å². The van der Waals surface area contributed by atoms with Gasteiger partial charge in [-0.2, -0.15) is 0 Å². The van der Waals surface area contributed by atoms with Gasteiger partial charge in [-0.05, 0) is 24.3 Å². The van der Waals surface area contributed by atoms with Crippen LogP contribution in [0.3, 0.4) is 0 Å². The Morgan fingerprint density at radius 3 is 2.65 bits per heavy atom. The lowest BCUT2D eigenvalue weighted by Crippen LogP contribution is -2.34. The van der Waals surface area contributed by atoms with Gasteiger partial charge in [0.1, 0.15) is 5.56 Å². The first-order valence-electron chi connectivity index (χ1n) is 6.36. The quantitative estimate of drug-likeness (QED) is 0.489. The van der Waals surface area contributed by atoms with E-state index >= 15 is 0 Å². The molecule has 1 N–H and O–H groups in total. The van der Waals surface area contributed by atoms with Crippen LogP contribution in [0.5, 0.6) is 0 Å². The van der Waals surface area contributed by atoms with Gasteiger partial charge in [-0.3, -0.25) is 14.9 Å². The van der Waals surface area contributed by atoms with E-state index in [2.05, 4.69) is 21.2 Å². The highest BCUT2D eigenvalue weighted by molar-refractivity contribution is 9.09. The summed E-state index contributed by atoms with van der Waals surface area (Å²) in [4.78, 5) is 22.7. The van der Waals surface area contributed by atoms with Crippen molar-refractivity contribution in [3.63, 3.8) is 0 Å². The third-order valence-corrected chi connectivity index (χ3v) is 3.57. The van der Waals surface area contributed by atoms with E-state index in [9.17, 15) is 14.9 Å². The number of rotatable bonds is 6. The first-order chi connectivity index (χ1) is 9.28. The van der Waals surface area contributed by atoms with Crippen molar-refractivity contribution in [2.75, 3.05) is 11.9 Å². The predicted octanol–water partition coefficient (Wildman–Crippen LogP) is 3.44. The van der Waals surface area contributed by atoms with Gasteiger partial charge in [-0.1, -0.05) is 41.9 Å². The number of nitrogens with one attached hydrogen (secondary N) is 1. The van der Waals surface area contributed by atoms with Crippen LogP contribution in [0.25, 0.3) is 0 Å². The molecule has 0 aliphatic rings. The Morgan fingerprint density at radius 2 is 2.10 bits per heavy atom. The van der Waals surface area contributed by atoms with Gasteiger partial charge in [0.2, 0.25) is 0 Å². The number of hydrogen-bond acceptors (Lipinski definition) is 3. The van der Waals surface area contributed by atoms with Crippen LogP contribution in [0.2, 0.25) is 0 Å². The van der Waals surface area contributed by atoms with Crippen molar-refractivity contribution < 1.29 is 9.72 Å². The zero-order valence-electron chi connectivity index (χ0n) is 11.9. The second kappa shape index (κ2) is 6.83. The summed E-state index contributed by atoms with van der Waals surface area (Å²) < 4.78 is 0. The predicted molar refractivity (Wildman–Crippen MR) is 82.4 cm³/mol. The van der Waals surface area contributed by atoms with Crippen molar-refractivity contribution in [3.05, 3.63) is 39.4 Å². The minimum absolute atomic E-state index is 0.0589. The molecule has 110 valence electrons. The monoisotopic (exact) mass is 342 g/mol. The molecular formula is C14H19BrN2O3. The number of aryl methyl sites for hydroxylation is 1. The van der Waals surface area contributed by atoms with Crippen LogP contribution in [0.15, 0.2) is 18.2 Å². The number of amides is 1. The third-order valence-electron chi connectivity index (χ3n) is 3.17. The molecule has 0 aliphatic heterocycles. The first kappa shape index (κ1) is 16.6. The zero-order chi connectivity index (χ0) is 15.3. The van der Waals surface area contributed by atoms with E-state index in [1.165, 1.54) is 6.07 Å². The number of nitrogens with zero attached hydrogens (tertiary/aromatic N) is 1. The van der Waals surface area contributed by atoms with Gasteiger partial charge in [-0.15, -0.1) is 0 Å². The minimum atomic E-state index is -0.522. The minimum Gasteiger partial charge on any atom is -0.351 e. The van der Waals surface area contributed by atoms with E-state index in [4.69, 9.17) is 0 Å². The molecule has 0 atom stereocenters. The van der Waals surface area contributed by atoms with Gasteiger partial charge in [0.05, 0.1) is 4.92 Å². The average Bonchev–Trinajstić information content (AvgIpc) is 2.35. The SMILES string of the molecule is Cc1cccc([N+](=O)[O-])c1C(=O)NCC(C)(C)CCBr. The summed E-state index contributed by atoms with van der Waals surface area (Å²) in [6.45, 7) is 6.26. The maximum absolute atomic E-state index is 12.2. The van der Waals surface area contributed by atoms with Gasteiger partial charge < -0.3 is 5.32 Å². The van der Waals surface area contributed by atoms with E-state index in [1.54, 1.807) is 19.1 Å². The molecule has 0 bridgehead atoms. The molecule has 0 saturated carbocycles. The maximum atomic E-state index is 12.2. The topological polar surface area (TPSA) is 72.2 Å². The standard InChI is InChI=1S/C14H19BrN2O3/c1-10-5-4-6-11(17(19)20)12(10)13(18)16-9-14(2,3)7-8-15/h4-6H,7-9H2,1-3H3,(H,16,18). The van der Waals surface area contributed by atoms with Crippen LogP contribution in [-0.4, -0.2) is 22.7 Å². The first-order valence-corrected chi connectivity index (χ1v) is 7.49. The molecule has 6 heteroatoms. The molecule has 0 saturated heterocycles. The average molecular weight is 343 g/mol. The lowest BCUT2D eigenvalue weighted by atomic mass is 9.90. The van der Waals surface area contributed by atoms with Crippen LogP contribution in [0.4, 0.5) is 5.69 Å². The number of nitro benzene ring substituents is 1. The van der Waals surface area contributed by atoms with Crippen molar-refractivity contribution in [2.45, 2.75) is 27.2 Å². The maximum Gasteiger partial charge on any atom is 0.282 e. The summed E-state index contributed by atoms with van der Waals surface area (Å²) >= 11 is 3.38. The summed E-state index contributed by atoms with van der Waals surface area (Å²) in [6.07, 6.45) is 0.906. The number of alkyl halides is 1. The van der Waals surface area contributed by atoms with Gasteiger partial charge >= 0.3 is 0 Å². The van der Waals surface area contributed by atoms with Crippen LogP contribution in [0, 0.1) is 22.5 Å². The second-order valence-corrected chi connectivity index (χ2v) is 6.31. The largest absolute Gasteiger partial charge is 0.351 e. The Hall–Kier alpha value is -1.43. The van der Waals surface area contributed by atoms with Crippen molar-refractivity contribution >= 4 is 27.5 Å². The molecule has 5 nitrogen and oxygen atoms in total. The highest BCUT2D eigenvalue weighted by Gasteiger charge is 2.24. The number of carbonyl (C=O) groups is 1. The molecule has 0 fully saturated rings. The highest BCUT2D eigenvalue weighted by atomic mass is 79.9. The molecule has 1 aromatic carbocycles. The molecule has 20 heavy (non-hydrogen) atoms. The van der Waals surface area contributed by atoms with Crippen LogP contribution >= 0.6 is 15.9 Å². The number of halogens is 1. The Balaban J connectivity index is 2.91. The molecule has 0 aliphatic carbocycles. The Bertz CT molecular complexity index is 515. The summed E-state index contributed by atoms with van der Waals surface area (Å²) in [7, 11) is 0. The van der Waals surface area contributed by atoms with Gasteiger partial charge in [0.25, 0.3) is 11.6 Å². The van der Waals surface area contributed by atoms with E-state index in [1.807, 2.05) is 13.8 Å². The fourth-order valence-electron chi connectivity index (χ4n) is 1.85. The van der Waals surface area contributed by atoms with Crippen molar-refractivity contribution in [1.82, 2.24) is 5.32 Å². The van der Waals surface area contributed by atoms with E-state index < -0.39 is 10.8 Å². The van der Waals surface area contributed by atoms with Crippen molar-refractivity contribution in [3.8, 4) is 0 Å². The summed E-state index contributed by atoms with van der Waals surface area (Å²) in [6, 6.07) is 4.64. The highest BCUT2D eigenvalue weighted by Crippen LogP contribution is 2.23. The van der Waals surface area contributed by atoms with Gasteiger partial charge in [-0.25, -0.2) is 0 Å². The molecule has 1 amide bonds. The molecule has 1 aromatic rings. The molecule has 0 aromatic heterocycles. The molecule has 0 unspecified atom stereocenters. The van der Waals surface area contributed by atoms with E-state index in [0.29, 0.717) is 12.1 Å². The number of benzene rings is 1. The molecule has 0 radical (unpaired) electrons. The Morgan fingerprint density at radius 1 is 1.45 bits per heavy atom. The van der Waals surface area contributed by atoms with Gasteiger partial charge in [0, 0.05) is 17.9 Å². The second-order valence-electron chi connectivity index (χ2n) is 5.51. The number of hydrogen-bond donors (Lipinski definition) is 1. The van der Waals surface area contributed by atoms with E-state index in [-0.39, 0.29) is 16.7 Å². The lowest BCUT2D eigenvalue weighted by molar-refractivity contribution is -0.385. The molecule has 0 spiro atoms. The van der Waals surface area contributed by atoms with Crippen LogP contribution < -0.4 is 5.32 Å². The molecular weight excluding hydrogens is 324 g/mol. The third kappa shape index (κ3) is 4.30. The Labute approximate surface area is 127 Å². The summed E-state index contributed by atoms with van der Waals surface area (Å²) in [5.41, 5.74) is 0.541. The lowest BCUT2D eigenvalue weighted by Gasteiger charge is -2.24. The normalized spacial score (nSPS) is 11.2. The zero-order valence-corrected chi connectivity index (χ0v) is 13.5. The molecule has 1 rings (SSSR count). The fraction of sp³-hybridized carbons (Fsp3) is 0.500. The van der Waals surface area contributed by atoms with E-state index in [0.717, 1.165) is 11.8 Å². The Kier molecular flexibility index (Phi) is 5.68. The van der Waals surface area contributed by atoms with Crippen LogP contribution in [-0.2, 0) is 0 Å². The molecule has 0 heterocycles. The fourth-order valence-corrected chi connectivity index (χ4v) is 2.93. The number of nitro groups is 1. The summed E-state index contributed by atoms with van der Waals surface area (Å²) in [5, 5.41) is 14.6. The van der Waals surface area contributed by atoms with Crippen molar-refractivity contribution in [2.24, 2.45) is 5.41 Å². The van der Waals surface area contributed by atoms with Gasteiger partial charge in [0.15, 0.2) is 0 Å². The van der Waals surface area contributed by atoms with Crippen LogP contribution in [0.1, 0.15) is 36.2 Å². The number of carbonyl (C=O) groups excluding carboxylic acids is 1. The smallest absolute Gasteiger partial charge is 0.282 e.